The lowest BCUT2D eigenvalue weighted by Gasteiger charge is -2.42. The number of amides is 3. The van der Waals surface area contributed by atoms with E-state index in [0.29, 0.717) is 23.9 Å². The third kappa shape index (κ3) is 4.63. The minimum Gasteiger partial charge on any atom is -0.497 e. The summed E-state index contributed by atoms with van der Waals surface area (Å²) in [6, 6.07) is 17.1. The Balaban J connectivity index is 1.58. The zero-order valence-electron chi connectivity index (χ0n) is 21.9. The molecule has 2 heterocycles. The largest absolute Gasteiger partial charge is 0.497 e. The Morgan fingerprint density at radius 1 is 0.950 bits per heavy atom. The molecule has 40 heavy (non-hydrogen) atoms. The number of anilines is 2. The molecule has 3 amide bonds. The predicted octanol–water partition coefficient (Wildman–Crippen LogP) is 4.36. The van der Waals surface area contributed by atoms with Crippen molar-refractivity contribution in [1.82, 2.24) is 10.2 Å². The van der Waals surface area contributed by atoms with E-state index in [1.807, 2.05) is 25.1 Å². The van der Waals surface area contributed by atoms with Gasteiger partial charge in [-0.1, -0.05) is 47.5 Å². The van der Waals surface area contributed by atoms with Gasteiger partial charge in [-0.05, 0) is 55.0 Å². The van der Waals surface area contributed by atoms with Gasteiger partial charge in [0.05, 0.1) is 29.3 Å². The number of aryl methyl sites for hydroxylation is 1. The molecule has 0 radical (unpaired) electrons. The van der Waals surface area contributed by atoms with Crippen LogP contribution < -0.4 is 19.9 Å². The first-order chi connectivity index (χ1) is 19.1. The smallest absolute Gasteiger partial charge is 0.323 e. The number of nitrogens with one attached hydrogen (secondary N) is 1. The van der Waals surface area contributed by atoms with E-state index in [9.17, 15) is 18.0 Å². The summed E-state index contributed by atoms with van der Waals surface area (Å²) in [5.41, 5.74) is 2.11. The van der Waals surface area contributed by atoms with Crippen LogP contribution >= 0.6 is 23.2 Å². The fraction of sp³-hybridized carbons (Fsp3) is 0.286. The van der Waals surface area contributed by atoms with Crippen molar-refractivity contribution in [2.45, 2.75) is 16.7 Å². The molecule has 210 valence electrons. The highest BCUT2D eigenvalue weighted by Crippen LogP contribution is 2.41. The number of para-hydroxylation sites is 1. The van der Waals surface area contributed by atoms with Gasteiger partial charge in [-0.25, -0.2) is 13.2 Å². The van der Waals surface area contributed by atoms with Crippen LogP contribution in [0.3, 0.4) is 0 Å². The molecule has 3 aromatic carbocycles. The zero-order chi connectivity index (χ0) is 28.7. The van der Waals surface area contributed by atoms with Crippen molar-refractivity contribution >= 4 is 56.4 Å². The number of halogens is 2. The fourth-order valence-electron chi connectivity index (χ4n) is 5.24. The van der Waals surface area contributed by atoms with Crippen LogP contribution in [0, 0.1) is 6.92 Å². The number of sulfone groups is 1. The van der Waals surface area contributed by atoms with Gasteiger partial charge in [-0.2, -0.15) is 0 Å². The molecule has 1 unspecified atom stereocenters. The molecule has 9 nitrogen and oxygen atoms in total. The maximum Gasteiger partial charge on any atom is 0.323 e. The highest BCUT2D eigenvalue weighted by atomic mass is 35.5. The summed E-state index contributed by atoms with van der Waals surface area (Å²) in [6.07, 6.45) is 0. The Morgan fingerprint density at radius 2 is 1.68 bits per heavy atom. The summed E-state index contributed by atoms with van der Waals surface area (Å²) in [7, 11) is -3.10. The van der Waals surface area contributed by atoms with Gasteiger partial charge in [0.1, 0.15) is 5.75 Å². The van der Waals surface area contributed by atoms with Crippen LogP contribution in [0.4, 0.5) is 16.2 Å². The fourth-order valence-corrected chi connectivity index (χ4v) is 7.59. The van der Waals surface area contributed by atoms with Crippen molar-refractivity contribution in [3.8, 4) is 5.75 Å². The molecule has 0 aromatic heterocycles. The topological polar surface area (TPSA) is 99.3 Å². The summed E-state index contributed by atoms with van der Waals surface area (Å²) >= 11 is 12.7. The Bertz CT molecular complexity index is 1580. The van der Waals surface area contributed by atoms with Crippen molar-refractivity contribution in [3.63, 3.8) is 0 Å². The summed E-state index contributed by atoms with van der Waals surface area (Å²) in [6.45, 7) is 2.92. The number of hydrogen-bond acceptors (Lipinski definition) is 6. The monoisotopic (exact) mass is 602 g/mol. The number of nitrogens with zero attached hydrogens (tertiary/aromatic N) is 3. The molecular formula is C28H28Cl2N4O5S. The predicted molar refractivity (Wildman–Crippen MR) is 155 cm³/mol. The maximum absolute atomic E-state index is 14.5. The maximum atomic E-state index is 14.5. The van der Waals surface area contributed by atoms with Gasteiger partial charge in [0.15, 0.2) is 0 Å². The highest BCUT2D eigenvalue weighted by Gasteiger charge is 2.63. The second kappa shape index (κ2) is 10.8. The van der Waals surface area contributed by atoms with E-state index >= 15 is 0 Å². The second-order valence-electron chi connectivity index (χ2n) is 9.62. The molecule has 12 heteroatoms. The van der Waals surface area contributed by atoms with Crippen LogP contribution in [0.15, 0.2) is 71.6 Å². The van der Waals surface area contributed by atoms with Gasteiger partial charge in [-0.15, -0.1) is 0 Å². The van der Waals surface area contributed by atoms with E-state index in [-0.39, 0.29) is 28.7 Å². The average molecular weight is 604 g/mol. The molecule has 0 aliphatic carbocycles. The SMILES string of the molecule is COc1cccc(S(=O)(=O)C2(C(=O)N3CCN(c4cc(Cl)ccc4C)CC3)CNC(=O)N2c2ccccc2Cl)c1. The summed E-state index contributed by atoms with van der Waals surface area (Å²) < 4.78 is 34.3. The molecule has 0 saturated carbocycles. The van der Waals surface area contributed by atoms with Crippen LogP contribution in [-0.4, -0.2) is 70.0 Å². The second-order valence-corrected chi connectivity index (χ2v) is 12.6. The molecule has 1 N–H and O–H groups in total. The summed E-state index contributed by atoms with van der Waals surface area (Å²) in [5.74, 6) is -0.410. The number of carbonyl (C=O) groups excluding carboxylic acids is 2. The van der Waals surface area contributed by atoms with Crippen molar-refractivity contribution in [3.05, 3.63) is 82.3 Å². The molecule has 0 bridgehead atoms. The van der Waals surface area contributed by atoms with Crippen LogP contribution in [0.25, 0.3) is 0 Å². The number of piperazine rings is 1. The Labute approximate surface area is 243 Å². The first-order valence-electron chi connectivity index (χ1n) is 12.6. The Hall–Kier alpha value is -3.47. The average Bonchev–Trinajstić information content (AvgIpc) is 3.32. The quantitative estimate of drug-likeness (QED) is 0.450. The standard InChI is InChI=1S/C28H28Cl2N4O5S/c1-19-10-11-20(29)16-25(19)32-12-14-33(15-13-32)26(35)28(40(37,38)22-7-5-6-21(17-22)39-2)18-31-27(36)34(28)24-9-4-3-8-23(24)30/h3-11,16-17H,12-15,18H2,1-2H3,(H,31,36). The number of urea groups is 1. The van der Waals surface area contributed by atoms with E-state index in [0.717, 1.165) is 16.2 Å². The molecule has 2 aliphatic rings. The lowest BCUT2D eigenvalue weighted by Crippen LogP contribution is -2.66. The lowest BCUT2D eigenvalue weighted by atomic mass is 10.1. The Kier molecular flexibility index (Phi) is 7.60. The normalized spacial score (nSPS) is 19.5. The minimum absolute atomic E-state index is 0.118. The van der Waals surface area contributed by atoms with Gasteiger partial charge >= 0.3 is 6.03 Å². The number of methoxy groups -OCH3 is 1. The third-order valence-corrected chi connectivity index (χ3v) is 10.2. The van der Waals surface area contributed by atoms with Crippen LogP contribution in [0.1, 0.15) is 5.56 Å². The van der Waals surface area contributed by atoms with Gasteiger partial charge in [-0.3, -0.25) is 9.69 Å². The molecule has 2 fully saturated rings. The van der Waals surface area contributed by atoms with E-state index in [1.54, 1.807) is 24.3 Å². The zero-order valence-corrected chi connectivity index (χ0v) is 24.3. The molecule has 2 saturated heterocycles. The van der Waals surface area contributed by atoms with E-state index in [4.69, 9.17) is 27.9 Å². The molecule has 2 aliphatic heterocycles. The lowest BCUT2D eigenvalue weighted by molar-refractivity contribution is -0.133. The van der Waals surface area contributed by atoms with E-state index in [1.165, 1.54) is 36.3 Å². The molecule has 5 rings (SSSR count). The van der Waals surface area contributed by atoms with Crippen molar-refractivity contribution < 1.29 is 22.7 Å². The molecule has 1 atom stereocenters. The van der Waals surface area contributed by atoms with Gasteiger partial charge in [0.25, 0.3) is 10.8 Å². The molecular weight excluding hydrogens is 575 g/mol. The summed E-state index contributed by atoms with van der Waals surface area (Å²) in [4.78, 5) is 29.9. The summed E-state index contributed by atoms with van der Waals surface area (Å²) in [5, 5.41) is 3.35. The number of carbonyl (C=O) groups is 2. The Morgan fingerprint density at radius 3 is 2.38 bits per heavy atom. The van der Waals surface area contributed by atoms with Crippen LogP contribution in [0.5, 0.6) is 5.75 Å². The van der Waals surface area contributed by atoms with Gasteiger partial charge in [0.2, 0.25) is 9.84 Å². The first kappa shape index (κ1) is 28.1. The number of ether oxygens (including phenoxy) is 1. The number of benzene rings is 3. The van der Waals surface area contributed by atoms with Gasteiger partial charge < -0.3 is 19.9 Å². The number of hydrogen-bond donors (Lipinski definition) is 1. The van der Waals surface area contributed by atoms with Gasteiger partial charge in [0, 0.05) is 36.9 Å². The highest BCUT2D eigenvalue weighted by molar-refractivity contribution is 7.94. The minimum atomic E-state index is -4.52. The first-order valence-corrected chi connectivity index (χ1v) is 14.9. The van der Waals surface area contributed by atoms with Crippen LogP contribution in [0.2, 0.25) is 10.0 Å². The van der Waals surface area contributed by atoms with E-state index < -0.39 is 33.2 Å². The van der Waals surface area contributed by atoms with Crippen molar-refractivity contribution in [2.24, 2.45) is 0 Å². The van der Waals surface area contributed by atoms with Crippen molar-refractivity contribution in [1.29, 1.82) is 0 Å². The van der Waals surface area contributed by atoms with E-state index in [2.05, 4.69) is 10.2 Å². The molecule has 0 spiro atoms. The van der Waals surface area contributed by atoms with Crippen molar-refractivity contribution in [2.75, 3.05) is 49.6 Å². The third-order valence-electron chi connectivity index (χ3n) is 7.35. The van der Waals surface area contributed by atoms with Crippen LogP contribution in [-0.2, 0) is 14.6 Å². The number of rotatable bonds is 6. The molecule has 3 aromatic rings.